The molecule has 0 aliphatic heterocycles. The van der Waals surface area contributed by atoms with Crippen molar-refractivity contribution in [3.8, 4) is 5.75 Å². The summed E-state index contributed by atoms with van der Waals surface area (Å²) >= 11 is 0. The highest BCUT2D eigenvalue weighted by Crippen LogP contribution is 2.22. The van der Waals surface area contributed by atoms with Crippen molar-refractivity contribution >= 4 is 21.6 Å². The Bertz CT molecular complexity index is 904. The Kier molecular flexibility index (Phi) is 8.22. The number of unbranched alkanes of at least 4 members (excludes halogenated alkanes) is 1. The van der Waals surface area contributed by atoms with Crippen LogP contribution in [-0.4, -0.2) is 38.3 Å². The summed E-state index contributed by atoms with van der Waals surface area (Å²) in [6.45, 7) is 8.14. The van der Waals surface area contributed by atoms with Gasteiger partial charge in [-0.3, -0.25) is 4.79 Å². The molecular formula is C22H30N2O4S. The number of para-hydroxylation sites is 1. The molecule has 158 valence electrons. The van der Waals surface area contributed by atoms with Crippen molar-refractivity contribution in [1.29, 1.82) is 0 Å². The number of amides is 1. The van der Waals surface area contributed by atoms with E-state index >= 15 is 0 Å². The van der Waals surface area contributed by atoms with E-state index in [9.17, 15) is 13.2 Å². The molecule has 0 aliphatic carbocycles. The van der Waals surface area contributed by atoms with E-state index in [4.69, 9.17) is 4.74 Å². The number of carbonyl (C=O) groups excluding carboxylic acids is 1. The monoisotopic (exact) mass is 418 g/mol. The van der Waals surface area contributed by atoms with Gasteiger partial charge in [0.05, 0.1) is 18.0 Å². The van der Waals surface area contributed by atoms with Crippen molar-refractivity contribution in [3.05, 3.63) is 53.6 Å². The molecule has 0 fully saturated rings. The normalized spacial score (nSPS) is 11.5. The van der Waals surface area contributed by atoms with E-state index in [0.29, 0.717) is 12.4 Å². The van der Waals surface area contributed by atoms with Gasteiger partial charge in [-0.2, -0.15) is 4.31 Å². The summed E-state index contributed by atoms with van der Waals surface area (Å²) in [4.78, 5) is 12.7. The Balaban J connectivity index is 2.10. The second-order valence-corrected chi connectivity index (χ2v) is 8.86. The quantitative estimate of drug-likeness (QED) is 0.589. The van der Waals surface area contributed by atoms with Gasteiger partial charge in [-0.25, -0.2) is 8.42 Å². The van der Waals surface area contributed by atoms with E-state index in [2.05, 4.69) is 12.2 Å². The number of likely N-dealkylation sites (N-methyl/N-ethyl adjacent to an activating group) is 1. The van der Waals surface area contributed by atoms with Crippen molar-refractivity contribution in [2.24, 2.45) is 0 Å². The Morgan fingerprint density at radius 1 is 1.03 bits per heavy atom. The SMILES string of the molecule is CCCCOc1ccc(S(=O)(=O)N(CC)CC(=O)Nc2c(C)cccc2C)cc1. The van der Waals surface area contributed by atoms with Crippen LogP contribution in [0.1, 0.15) is 37.8 Å². The van der Waals surface area contributed by atoms with E-state index < -0.39 is 10.0 Å². The van der Waals surface area contributed by atoms with Crippen LogP contribution in [0, 0.1) is 13.8 Å². The molecule has 0 unspecified atom stereocenters. The molecular weight excluding hydrogens is 388 g/mol. The van der Waals surface area contributed by atoms with Crippen molar-refractivity contribution in [3.63, 3.8) is 0 Å². The maximum atomic E-state index is 13.0. The third-order valence-electron chi connectivity index (χ3n) is 4.65. The molecule has 29 heavy (non-hydrogen) atoms. The summed E-state index contributed by atoms with van der Waals surface area (Å²) in [6.07, 6.45) is 1.97. The Morgan fingerprint density at radius 3 is 2.21 bits per heavy atom. The van der Waals surface area contributed by atoms with Crippen molar-refractivity contribution in [1.82, 2.24) is 4.31 Å². The van der Waals surface area contributed by atoms with Gasteiger partial charge in [0.2, 0.25) is 15.9 Å². The molecule has 0 saturated carbocycles. The standard InChI is InChI=1S/C22H30N2O4S/c1-5-7-15-28-19-11-13-20(14-12-19)29(26,27)24(6-2)16-21(25)23-22-17(3)9-8-10-18(22)4/h8-14H,5-7,15-16H2,1-4H3,(H,23,25). The number of sulfonamides is 1. The molecule has 0 atom stereocenters. The van der Waals surface area contributed by atoms with Crippen LogP contribution < -0.4 is 10.1 Å². The fourth-order valence-electron chi connectivity index (χ4n) is 2.91. The molecule has 0 radical (unpaired) electrons. The van der Waals surface area contributed by atoms with Crippen molar-refractivity contribution in [2.75, 3.05) is 25.0 Å². The fourth-order valence-corrected chi connectivity index (χ4v) is 4.31. The summed E-state index contributed by atoms with van der Waals surface area (Å²) in [5.41, 5.74) is 2.59. The van der Waals surface area contributed by atoms with Gasteiger partial charge in [0.1, 0.15) is 5.75 Å². The molecule has 6 nitrogen and oxygen atoms in total. The first kappa shape index (κ1) is 22.9. The maximum absolute atomic E-state index is 13.0. The molecule has 2 aromatic rings. The molecule has 0 spiro atoms. The van der Waals surface area contributed by atoms with Gasteiger partial charge in [0, 0.05) is 12.2 Å². The van der Waals surface area contributed by atoms with Crippen LogP contribution in [0.3, 0.4) is 0 Å². The summed E-state index contributed by atoms with van der Waals surface area (Å²) in [5.74, 6) is 0.264. The van der Waals surface area contributed by atoms with Gasteiger partial charge in [-0.1, -0.05) is 38.5 Å². The summed E-state index contributed by atoms with van der Waals surface area (Å²) in [6, 6.07) is 12.0. The first-order valence-corrected chi connectivity index (χ1v) is 11.3. The van der Waals surface area contributed by atoms with Crippen LogP contribution in [0.5, 0.6) is 5.75 Å². The van der Waals surface area contributed by atoms with Crippen LogP contribution in [0.25, 0.3) is 0 Å². The Morgan fingerprint density at radius 2 is 1.66 bits per heavy atom. The van der Waals surface area contributed by atoms with Crippen LogP contribution >= 0.6 is 0 Å². The Labute approximate surface area is 173 Å². The number of nitrogens with zero attached hydrogens (tertiary/aromatic N) is 1. The lowest BCUT2D eigenvalue weighted by molar-refractivity contribution is -0.116. The topological polar surface area (TPSA) is 75.7 Å². The average molecular weight is 419 g/mol. The van der Waals surface area contributed by atoms with Crippen LogP contribution in [0.4, 0.5) is 5.69 Å². The largest absolute Gasteiger partial charge is 0.494 e. The van der Waals surface area contributed by atoms with Gasteiger partial charge in [-0.15, -0.1) is 0 Å². The predicted octanol–water partition coefficient (Wildman–Crippen LogP) is 4.13. The van der Waals surface area contributed by atoms with E-state index in [1.54, 1.807) is 19.1 Å². The molecule has 0 bridgehead atoms. The number of carbonyl (C=O) groups is 1. The lowest BCUT2D eigenvalue weighted by Crippen LogP contribution is -2.38. The van der Waals surface area contributed by atoms with Crippen LogP contribution in [0.2, 0.25) is 0 Å². The van der Waals surface area contributed by atoms with Gasteiger partial charge in [0.25, 0.3) is 0 Å². The maximum Gasteiger partial charge on any atom is 0.243 e. The number of rotatable bonds is 10. The summed E-state index contributed by atoms with van der Waals surface area (Å²) < 4.78 is 32.7. The lowest BCUT2D eigenvalue weighted by Gasteiger charge is -2.21. The van der Waals surface area contributed by atoms with Gasteiger partial charge < -0.3 is 10.1 Å². The summed E-state index contributed by atoms with van der Waals surface area (Å²) in [5, 5.41) is 2.84. The number of ether oxygens (including phenoxy) is 1. The second kappa shape index (κ2) is 10.4. The molecule has 7 heteroatoms. The molecule has 0 saturated heterocycles. The van der Waals surface area contributed by atoms with Gasteiger partial charge in [0.15, 0.2) is 0 Å². The number of aryl methyl sites for hydroxylation is 2. The molecule has 2 aromatic carbocycles. The molecule has 0 heterocycles. The molecule has 1 amide bonds. The second-order valence-electron chi connectivity index (χ2n) is 6.92. The predicted molar refractivity (Wildman–Crippen MR) is 116 cm³/mol. The zero-order valence-corrected chi connectivity index (χ0v) is 18.4. The van der Waals surface area contributed by atoms with Gasteiger partial charge in [-0.05, 0) is 55.7 Å². The Hall–Kier alpha value is -2.38. The number of benzene rings is 2. The van der Waals surface area contributed by atoms with Gasteiger partial charge >= 0.3 is 0 Å². The number of hydrogen-bond donors (Lipinski definition) is 1. The number of anilines is 1. The van der Waals surface area contributed by atoms with E-state index in [-0.39, 0.29) is 23.9 Å². The first-order valence-electron chi connectivity index (χ1n) is 9.88. The van der Waals surface area contributed by atoms with E-state index in [1.807, 2.05) is 32.0 Å². The smallest absolute Gasteiger partial charge is 0.243 e. The highest BCUT2D eigenvalue weighted by molar-refractivity contribution is 7.89. The number of nitrogens with one attached hydrogen (secondary N) is 1. The summed E-state index contributed by atoms with van der Waals surface area (Å²) in [7, 11) is -3.78. The molecule has 1 N–H and O–H groups in total. The average Bonchev–Trinajstić information content (AvgIpc) is 2.69. The van der Waals surface area contributed by atoms with Crippen LogP contribution in [0.15, 0.2) is 47.4 Å². The molecule has 0 aromatic heterocycles. The van der Waals surface area contributed by atoms with E-state index in [0.717, 1.165) is 29.7 Å². The highest BCUT2D eigenvalue weighted by atomic mass is 32.2. The minimum Gasteiger partial charge on any atom is -0.494 e. The number of hydrogen-bond acceptors (Lipinski definition) is 4. The third kappa shape index (κ3) is 6.05. The molecule has 2 rings (SSSR count). The first-order chi connectivity index (χ1) is 13.8. The van der Waals surface area contributed by atoms with Crippen molar-refractivity contribution < 1.29 is 17.9 Å². The van der Waals surface area contributed by atoms with Crippen LogP contribution in [-0.2, 0) is 14.8 Å². The van der Waals surface area contributed by atoms with E-state index in [1.165, 1.54) is 16.4 Å². The zero-order valence-electron chi connectivity index (χ0n) is 17.6. The zero-order chi connectivity index (χ0) is 21.4. The molecule has 0 aliphatic rings. The fraction of sp³-hybridized carbons (Fsp3) is 0.409. The minimum atomic E-state index is -3.78. The van der Waals surface area contributed by atoms with Crippen molar-refractivity contribution in [2.45, 2.75) is 45.4 Å². The minimum absolute atomic E-state index is 0.141. The highest BCUT2D eigenvalue weighted by Gasteiger charge is 2.25. The lowest BCUT2D eigenvalue weighted by atomic mass is 10.1. The third-order valence-corrected chi connectivity index (χ3v) is 6.58.